The van der Waals surface area contributed by atoms with E-state index in [1.807, 2.05) is 62.3 Å². The Labute approximate surface area is 185 Å². The summed E-state index contributed by atoms with van der Waals surface area (Å²) in [5, 5.41) is -0.0235. The highest BCUT2D eigenvalue weighted by atomic mass is 32.2. The zero-order valence-corrected chi connectivity index (χ0v) is 20.8. The summed E-state index contributed by atoms with van der Waals surface area (Å²) in [6.07, 6.45) is 1.70. The summed E-state index contributed by atoms with van der Waals surface area (Å²) < 4.78 is 0. The number of imide groups is 2. The first-order chi connectivity index (χ1) is 13.5. The Morgan fingerprint density at radius 3 is 1.83 bits per heavy atom. The standard InChI is InChI=1S/C23H38N2O4S/c1-14(2)30-16-13-18(27)25(20(16)29)23(8,9)11-10-22(6,7)15-12-17(26)24(19(15)28)21(3,4)5/h14-16H,10-13H2,1-9H3. The van der Waals surface area contributed by atoms with Gasteiger partial charge in [0.05, 0.1) is 11.2 Å². The van der Waals surface area contributed by atoms with Gasteiger partial charge in [0.25, 0.3) is 0 Å². The summed E-state index contributed by atoms with van der Waals surface area (Å²) in [5.74, 6) is -0.839. The van der Waals surface area contributed by atoms with E-state index < -0.39 is 16.5 Å². The second-order valence-electron chi connectivity index (χ2n) is 11.2. The number of thioether (sulfide) groups is 1. The van der Waals surface area contributed by atoms with Crippen LogP contribution in [0.25, 0.3) is 0 Å². The van der Waals surface area contributed by atoms with Crippen LogP contribution in [0.3, 0.4) is 0 Å². The molecule has 7 heteroatoms. The molecule has 170 valence electrons. The molecule has 2 atom stereocenters. The third-order valence-electron chi connectivity index (χ3n) is 6.29. The van der Waals surface area contributed by atoms with Crippen molar-refractivity contribution in [3.8, 4) is 0 Å². The van der Waals surface area contributed by atoms with Gasteiger partial charge in [0, 0.05) is 23.9 Å². The van der Waals surface area contributed by atoms with Crippen molar-refractivity contribution in [3.63, 3.8) is 0 Å². The first-order valence-corrected chi connectivity index (χ1v) is 11.8. The third kappa shape index (κ3) is 4.92. The highest BCUT2D eigenvalue weighted by Gasteiger charge is 2.51. The maximum atomic E-state index is 13.0. The molecule has 30 heavy (non-hydrogen) atoms. The van der Waals surface area contributed by atoms with Crippen LogP contribution in [0.15, 0.2) is 0 Å². The van der Waals surface area contributed by atoms with Gasteiger partial charge in [0.15, 0.2) is 0 Å². The zero-order valence-electron chi connectivity index (χ0n) is 20.0. The lowest BCUT2D eigenvalue weighted by Crippen LogP contribution is -2.49. The van der Waals surface area contributed by atoms with Crippen molar-refractivity contribution >= 4 is 35.4 Å². The number of likely N-dealkylation sites (tertiary alicyclic amines) is 2. The molecule has 0 aromatic heterocycles. The van der Waals surface area contributed by atoms with Crippen molar-refractivity contribution in [2.75, 3.05) is 0 Å². The van der Waals surface area contributed by atoms with Gasteiger partial charge in [-0.25, -0.2) is 0 Å². The van der Waals surface area contributed by atoms with E-state index in [-0.39, 0.29) is 52.9 Å². The monoisotopic (exact) mass is 438 g/mol. The Morgan fingerprint density at radius 1 is 0.833 bits per heavy atom. The Hall–Kier alpha value is -1.37. The van der Waals surface area contributed by atoms with Gasteiger partial charge in [0.1, 0.15) is 0 Å². The van der Waals surface area contributed by atoms with Crippen molar-refractivity contribution in [1.82, 2.24) is 9.80 Å². The molecule has 0 saturated carbocycles. The number of amides is 4. The minimum absolute atomic E-state index is 0.104. The van der Waals surface area contributed by atoms with Crippen molar-refractivity contribution < 1.29 is 19.2 Å². The van der Waals surface area contributed by atoms with E-state index >= 15 is 0 Å². The van der Waals surface area contributed by atoms with Crippen LogP contribution in [0.1, 0.15) is 88.0 Å². The summed E-state index contributed by atoms with van der Waals surface area (Å²) >= 11 is 1.54. The third-order valence-corrected chi connectivity index (χ3v) is 7.53. The molecule has 0 spiro atoms. The molecule has 0 aromatic rings. The largest absolute Gasteiger partial charge is 0.277 e. The first kappa shape index (κ1) is 24.9. The number of carbonyl (C=O) groups is 4. The van der Waals surface area contributed by atoms with Crippen LogP contribution < -0.4 is 0 Å². The van der Waals surface area contributed by atoms with E-state index in [4.69, 9.17) is 0 Å². The molecule has 0 aromatic carbocycles. The van der Waals surface area contributed by atoms with Gasteiger partial charge in [0.2, 0.25) is 23.6 Å². The van der Waals surface area contributed by atoms with Crippen molar-refractivity contribution in [2.45, 2.75) is 110 Å². The lowest BCUT2D eigenvalue weighted by molar-refractivity contribution is -0.148. The van der Waals surface area contributed by atoms with Crippen LogP contribution in [0.5, 0.6) is 0 Å². The smallest absolute Gasteiger partial charge is 0.243 e. The predicted molar refractivity (Wildman–Crippen MR) is 120 cm³/mol. The molecule has 2 aliphatic rings. The topological polar surface area (TPSA) is 74.8 Å². The van der Waals surface area contributed by atoms with Gasteiger partial charge in [-0.15, -0.1) is 11.8 Å². The summed E-state index contributed by atoms with van der Waals surface area (Å²) in [7, 11) is 0. The number of carbonyl (C=O) groups excluding carboxylic acids is 4. The van der Waals surface area contributed by atoms with E-state index in [0.29, 0.717) is 12.8 Å². The molecule has 2 rings (SSSR count). The van der Waals surface area contributed by atoms with Gasteiger partial charge in [-0.1, -0.05) is 27.7 Å². The summed E-state index contributed by atoms with van der Waals surface area (Å²) in [6.45, 7) is 17.5. The van der Waals surface area contributed by atoms with Crippen LogP contribution in [-0.4, -0.2) is 55.0 Å². The number of rotatable bonds is 7. The molecule has 0 bridgehead atoms. The van der Waals surface area contributed by atoms with E-state index in [1.54, 1.807) is 11.8 Å². The van der Waals surface area contributed by atoms with E-state index in [9.17, 15) is 19.2 Å². The summed E-state index contributed by atoms with van der Waals surface area (Å²) in [6, 6.07) is 0. The predicted octanol–water partition coefficient (Wildman–Crippen LogP) is 4.01. The van der Waals surface area contributed by atoms with Crippen LogP contribution >= 0.6 is 11.8 Å². The van der Waals surface area contributed by atoms with Gasteiger partial charge in [-0.3, -0.25) is 29.0 Å². The number of hydrogen-bond acceptors (Lipinski definition) is 5. The Bertz CT molecular complexity index is 736. The Morgan fingerprint density at radius 2 is 1.37 bits per heavy atom. The minimum Gasteiger partial charge on any atom is -0.277 e. The molecule has 2 saturated heterocycles. The van der Waals surface area contributed by atoms with E-state index in [2.05, 4.69) is 0 Å². The lowest BCUT2D eigenvalue weighted by atomic mass is 9.72. The van der Waals surface area contributed by atoms with Crippen molar-refractivity contribution in [2.24, 2.45) is 11.3 Å². The van der Waals surface area contributed by atoms with Gasteiger partial charge in [-0.05, 0) is 58.1 Å². The Balaban J connectivity index is 2.11. The van der Waals surface area contributed by atoms with Crippen molar-refractivity contribution in [3.05, 3.63) is 0 Å². The molecule has 6 nitrogen and oxygen atoms in total. The second-order valence-corrected chi connectivity index (χ2v) is 13.0. The van der Waals surface area contributed by atoms with Crippen LogP contribution in [0, 0.1) is 11.3 Å². The second kappa shape index (κ2) is 8.29. The normalized spacial score (nSPS) is 24.1. The average molecular weight is 439 g/mol. The molecule has 2 unspecified atom stereocenters. The first-order valence-electron chi connectivity index (χ1n) is 10.9. The zero-order chi connectivity index (χ0) is 23.2. The quantitative estimate of drug-likeness (QED) is 0.561. The van der Waals surface area contributed by atoms with E-state index in [1.165, 1.54) is 9.80 Å². The van der Waals surface area contributed by atoms with Gasteiger partial charge < -0.3 is 0 Å². The molecule has 0 N–H and O–H groups in total. The highest BCUT2D eigenvalue weighted by Crippen LogP contribution is 2.44. The van der Waals surface area contributed by atoms with Gasteiger partial charge in [-0.2, -0.15) is 0 Å². The molecular formula is C23H38N2O4S. The summed E-state index contributed by atoms with van der Waals surface area (Å²) in [4.78, 5) is 53.9. The SMILES string of the molecule is CC(C)SC1CC(=O)N(C(C)(C)CCC(C)(C)C2CC(=O)N(C(C)(C)C)C2=O)C1=O. The van der Waals surface area contributed by atoms with Crippen LogP contribution in [0.2, 0.25) is 0 Å². The fourth-order valence-corrected chi connectivity index (χ4v) is 5.65. The maximum absolute atomic E-state index is 13.0. The van der Waals surface area contributed by atoms with Crippen LogP contribution in [-0.2, 0) is 19.2 Å². The number of nitrogens with zero attached hydrogens (tertiary/aromatic N) is 2. The minimum atomic E-state index is -0.632. The van der Waals surface area contributed by atoms with Crippen molar-refractivity contribution in [1.29, 1.82) is 0 Å². The molecule has 2 fully saturated rings. The molecule has 2 aliphatic heterocycles. The fraction of sp³-hybridized carbons (Fsp3) is 0.826. The van der Waals surface area contributed by atoms with E-state index in [0.717, 1.165) is 0 Å². The van der Waals surface area contributed by atoms with Crippen LogP contribution in [0.4, 0.5) is 0 Å². The fourth-order valence-electron chi connectivity index (χ4n) is 4.54. The molecule has 2 heterocycles. The average Bonchev–Trinajstić information content (AvgIpc) is 3.01. The molecule has 0 radical (unpaired) electrons. The Kier molecular flexibility index (Phi) is 6.88. The summed E-state index contributed by atoms with van der Waals surface area (Å²) in [5.41, 5.74) is -1.58. The molecular weight excluding hydrogens is 400 g/mol. The highest BCUT2D eigenvalue weighted by molar-refractivity contribution is 8.01. The molecule has 0 aliphatic carbocycles. The molecule has 4 amide bonds. The number of hydrogen-bond donors (Lipinski definition) is 0. The maximum Gasteiger partial charge on any atom is 0.243 e. The van der Waals surface area contributed by atoms with Gasteiger partial charge >= 0.3 is 0 Å². The lowest BCUT2D eigenvalue weighted by Gasteiger charge is -2.39.